The minimum Gasteiger partial charge on any atom is -0.207 e. The van der Waals surface area contributed by atoms with Gasteiger partial charge in [0.2, 0.25) is 0 Å². The molecule has 0 fully saturated rings. The zero-order chi connectivity index (χ0) is 11.4. The average molecular weight is 294 g/mol. The van der Waals surface area contributed by atoms with Crippen LogP contribution < -0.4 is 0 Å². The molecule has 1 aromatic carbocycles. The van der Waals surface area contributed by atoms with E-state index >= 15 is 0 Å². The van der Waals surface area contributed by atoms with E-state index in [0.717, 1.165) is 18.4 Å². The largest absolute Gasteiger partial charge is 0.207 e. The molecule has 15 heavy (non-hydrogen) atoms. The molecule has 0 amide bonds. The van der Waals surface area contributed by atoms with Gasteiger partial charge in [-0.2, -0.15) is 0 Å². The van der Waals surface area contributed by atoms with Crippen LogP contribution in [0.4, 0.5) is 4.39 Å². The molecule has 0 saturated heterocycles. The lowest BCUT2D eigenvalue weighted by atomic mass is 9.97. The van der Waals surface area contributed by atoms with Crippen LogP contribution in [-0.4, -0.2) is 4.83 Å². The Morgan fingerprint density at radius 1 is 1.40 bits per heavy atom. The van der Waals surface area contributed by atoms with Crippen LogP contribution in [0.25, 0.3) is 0 Å². The van der Waals surface area contributed by atoms with Crippen LogP contribution in [0.2, 0.25) is 5.02 Å². The maximum atomic E-state index is 13.0. The molecule has 0 radical (unpaired) electrons. The predicted molar refractivity (Wildman–Crippen MR) is 67.3 cm³/mol. The second kappa shape index (κ2) is 5.86. The van der Waals surface area contributed by atoms with E-state index in [2.05, 4.69) is 29.8 Å². The summed E-state index contributed by atoms with van der Waals surface area (Å²) in [5, 5.41) is 0.658. The Bertz CT molecular complexity index is 325. The first kappa shape index (κ1) is 13.0. The highest BCUT2D eigenvalue weighted by Gasteiger charge is 2.10. The first-order valence-electron chi connectivity index (χ1n) is 5.07. The van der Waals surface area contributed by atoms with Crippen molar-refractivity contribution in [2.45, 2.75) is 31.5 Å². The van der Waals surface area contributed by atoms with Crippen molar-refractivity contribution < 1.29 is 4.39 Å². The van der Waals surface area contributed by atoms with E-state index in [1.54, 1.807) is 6.07 Å². The van der Waals surface area contributed by atoms with Gasteiger partial charge in [0, 0.05) is 9.85 Å². The van der Waals surface area contributed by atoms with Gasteiger partial charge in [-0.3, -0.25) is 0 Å². The summed E-state index contributed by atoms with van der Waals surface area (Å²) >= 11 is 9.51. The van der Waals surface area contributed by atoms with Gasteiger partial charge in [0.15, 0.2) is 0 Å². The fraction of sp³-hybridized carbons (Fsp3) is 0.500. The minimum absolute atomic E-state index is 0.214. The van der Waals surface area contributed by atoms with Gasteiger partial charge in [-0.15, -0.1) is 0 Å². The topological polar surface area (TPSA) is 0 Å². The van der Waals surface area contributed by atoms with Crippen molar-refractivity contribution in [1.82, 2.24) is 0 Å². The first-order valence-corrected chi connectivity index (χ1v) is 6.36. The highest BCUT2D eigenvalue weighted by molar-refractivity contribution is 9.09. The van der Waals surface area contributed by atoms with Crippen molar-refractivity contribution >= 4 is 27.5 Å². The molecule has 0 aliphatic rings. The van der Waals surface area contributed by atoms with Crippen molar-refractivity contribution in [2.75, 3.05) is 0 Å². The van der Waals surface area contributed by atoms with E-state index in [-0.39, 0.29) is 5.82 Å². The molecule has 1 aromatic rings. The molecular weight excluding hydrogens is 278 g/mol. The molecule has 0 saturated carbocycles. The Hall–Kier alpha value is -0.0800. The monoisotopic (exact) mass is 292 g/mol. The van der Waals surface area contributed by atoms with E-state index in [1.165, 1.54) is 12.1 Å². The van der Waals surface area contributed by atoms with Gasteiger partial charge in [0.05, 0.1) is 0 Å². The Balaban J connectivity index is 2.67. The molecule has 2 unspecified atom stereocenters. The van der Waals surface area contributed by atoms with Crippen molar-refractivity contribution in [3.8, 4) is 0 Å². The molecule has 0 spiro atoms. The van der Waals surface area contributed by atoms with Crippen LogP contribution in [0.5, 0.6) is 0 Å². The number of hydrogen-bond donors (Lipinski definition) is 0. The fourth-order valence-electron chi connectivity index (χ4n) is 1.71. The number of benzene rings is 1. The van der Waals surface area contributed by atoms with Crippen LogP contribution in [0.1, 0.15) is 25.8 Å². The quantitative estimate of drug-likeness (QED) is 0.697. The van der Waals surface area contributed by atoms with Gasteiger partial charge >= 0.3 is 0 Å². The Morgan fingerprint density at radius 2 is 2.07 bits per heavy atom. The van der Waals surface area contributed by atoms with Gasteiger partial charge in [-0.25, -0.2) is 4.39 Å². The molecule has 0 aromatic heterocycles. The van der Waals surface area contributed by atoms with Crippen LogP contribution in [0.3, 0.4) is 0 Å². The Morgan fingerprint density at radius 3 is 2.67 bits per heavy atom. The minimum atomic E-state index is -0.214. The lowest BCUT2D eigenvalue weighted by molar-refractivity contribution is 0.530. The smallest absolute Gasteiger partial charge is 0.123 e. The first-order chi connectivity index (χ1) is 6.99. The van der Waals surface area contributed by atoms with Crippen molar-refractivity contribution in [3.63, 3.8) is 0 Å². The zero-order valence-electron chi connectivity index (χ0n) is 8.93. The highest BCUT2D eigenvalue weighted by Crippen LogP contribution is 2.23. The predicted octanol–water partition coefficient (Wildman–Crippen LogP) is 4.83. The molecule has 0 aliphatic heterocycles. The number of alkyl halides is 1. The SMILES string of the molecule is CC(Br)CC(C)Cc1cc(F)ccc1Cl. The standard InChI is InChI=1S/C12H15BrClF/c1-8(5-9(2)13)6-10-7-11(15)3-4-12(10)14/h3-4,7-9H,5-6H2,1-2H3. The number of rotatable bonds is 4. The van der Waals surface area contributed by atoms with Gasteiger partial charge in [0.25, 0.3) is 0 Å². The number of halogens is 3. The van der Waals surface area contributed by atoms with E-state index in [4.69, 9.17) is 11.6 Å². The van der Waals surface area contributed by atoms with Crippen LogP contribution in [0.15, 0.2) is 18.2 Å². The van der Waals surface area contributed by atoms with Crippen molar-refractivity contribution in [1.29, 1.82) is 0 Å². The molecule has 0 nitrogen and oxygen atoms in total. The lowest BCUT2D eigenvalue weighted by Gasteiger charge is -2.13. The third-order valence-electron chi connectivity index (χ3n) is 2.30. The third kappa shape index (κ3) is 4.52. The second-order valence-corrected chi connectivity index (χ2v) is 6.03. The molecule has 0 aliphatic carbocycles. The summed E-state index contributed by atoms with van der Waals surface area (Å²) in [6, 6.07) is 4.54. The lowest BCUT2D eigenvalue weighted by Crippen LogP contribution is -2.05. The summed E-state index contributed by atoms with van der Waals surface area (Å²) in [5.74, 6) is 0.284. The average Bonchev–Trinajstić information content (AvgIpc) is 2.10. The summed E-state index contributed by atoms with van der Waals surface area (Å²) in [4.78, 5) is 0.486. The van der Waals surface area contributed by atoms with Gasteiger partial charge < -0.3 is 0 Å². The van der Waals surface area contributed by atoms with Crippen molar-refractivity contribution in [3.05, 3.63) is 34.6 Å². The number of hydrogen-bond acceptors (Lipinski definition) is 0. The van der Waals surface area contributed by atoms with E-state index < -0.39 is 0 Å². The summed E-state index contributed by atoms with van der Waals surface area (Å²) in [6.07, 6.45) is 1.89. The summed E-state index contributed by atoms with van der Waals surface area (Å²) in [6.45, 7) is 4.27. The summed E-state index contributed by atoms with van der Waals surface area (Å²) in [5.41, 5.74) is 0.900. The zero-order valence-corrected chi connectivity index (χ0v) is 11.3. The van der Waals surface area contributed by atoms with Gasteiger partial charge in [0.1, 0.15) is 5.82 Å². The van der Waals surface area contributed by atoms with E-state index in [1.807, 2.05) is 0 Å². The van der Waals surface area contributed by atoms with Gasteiger partial charge in [-0.05, 0) is 42.5 Å². The highest BCUT2D eigenvalue weighted by atomic mass is 79.9. The van der Waals surface area contributed by atoms with Crippen LogP contribution in [0, 0.1) is 11.7 Å². The summed E-state index contributed by atoms with van der Waals surface area (Å²) < 4.78 is 13.0. The fourth-order valence-corrected chi connectivity index (χ4v) is 2.55. The van der Waals surface area contributed by atoms with Crippen LogP contribution in [-0.2, 0) is 6.42 Å². The van der Waals surface area contributed by atoms with Crippen molar-refractivity contribution in [2.24, 2.45) is 5.92 Å². The molecular formula is C12H15BrClF. The summed E-state index contributed by atoms with van der Waals surface area (Å²) in [7, 11) is 0. The maximum absolute atomic E-state index is 13.0. The van der Waals surface area contributed by atoms with E-state index in [9.17, 15) is 4.39 Å². The molecule has 84 valence electrons. The van der Waals surface area contributed by atoms with E-state index in [0.29, 0.717) is 15.8 Å². The second-order valence-electron chi connectivity index (χ2n) is 4.06. The Labute approximate surface area is 104 Å². The molecule has 0 N–H and O–H groups in total. The molecule has 2 atom stereocenters. The molecule has 1 rings (SSSR count). The normalized spacial score (nSPS) is 15.0. The van der Waals surface area contributed by atoms with Gasteiger partial charge in [-0.1, -0.05) is 41.4 Å². The maximum Gasteiger partial charge on any atom is 0.123 e. The molecule has 3 heteroatoms. The molecule has 0 heterocycles. The van der Waals surface area contributed by atoms with Crippen LogP contribution >= 0.6 is 27.5 Å². The Kier molecular flexibility index (Phi) is 5.07. The third-order valence-corrected chi connectivity index (χ3v) is 3.05. The molecule has 0 bridgehead atoms.